The number of aromatic nitrogens is 1. The average molecular weight is 420 g/mol. The van der Waals surface area contributed by atoms with E-state index in [-0.39, 0.29) is 23.8 Å². The minimum Gasteiger partial charge on any atom is -0.478 e. The molecule has 2 aliphatic heterocycles. The van der Waals surface area contributed by atoms with Crippen molar-refractivity contribution in [3.63, 3.8) is 0 Å². The van der Waals surface area contributed by atoms with Gasteiger partial charge in [0.15, 0.2) is 0 Å². The number of fused-ring (bicyclic) bond motifs is 2. The van der Waals surface area contributed by atoms with Crippen LogP contribution in [-0.4, -0.2) is 52.4 Å². The number of carboxylic acid groups (broad SMARTS) is 1. The maximum absolute atomic E-state index is 13.0. The number of amides is 2. The van der Waals surface area contributed by atoms with Crippen molar-refractivity contribution >= 4 is 46.4 Å². The number of benzene rings is 1. The highest BCUT2D eigenvalue weighted by Gasteiger charge is 2.49. The molecule has 1 saturated heterocycles. The summed E-state index contributed by atoms with van der Waals surface area (Å²) in [7, 11) is 0. The van der Waals surface area contributed by atoms with Gasteiger partial charge in [-0.2, -0.15) is 0 Å². The van der Waals surface area contributed by atoms with Crippen LogP contribution in [0.1, 0.15) is 34.3 Å². The minimum absolute atomic E-state index is 0.0185. The predicted molar refractivity (Wildman–Crippen MR) is 105 cm³/mol. The van der Waals surface area contributed by atoms with Gasteiger partial charge in [0.05, 0.1) is 18.2 Å². The third-order valence-corrected chi connectivity index (χ3v) is 6.61. The van der Waals surface area contributed by atoms with Gasteiger partial charge in [0.2, 0.25) is 11.8 Å². The Bertz CT molecular complexity index is 991. The molecule has 2 aromatic rings. The Morgan fingerprint density at radius 3 is 2.71 bits per heavy atom. The molecular formula is C19H18ClN3O4S. The number of carboxylic acids is 1. The van der Waals surface area contributed by atoms with Crippen LogP contribution in [0.15, 0.2) is 24.4 Å². The lowest BCUT2D eigenvalue weighted by Gasteiger charge is -2.25. The SMILES string of the molecule is CC(=O)N1CCC2(C1)CN(C(=O)Cc1ncc(Cl)s1)c1ccc(C(=O)O)cc12. The molecule has 0 bridgehead atoms. The molecule has 1 aromatic heterocycles. The quantitative estimate of drug-likeness (QED) is 0.825. The highest BCUT2D eigenvalue weighted by Crippen LogP contribution is 2.47. The number of hydrogen-bond donors (Lipinski definition) is 1. The summed E-state index contributed by atoms with van der Waals surface area (Å²) in [5.41, 5.74) is 1.27. The minimum atomic E-state index is -1.01. The first-order valence-corrected chi connectivity index (χ1v) is 10.0. The van der Waals surface area contributed by atoms with Gasteiger partial charge >= 0.3 is 5.97 Å². The number of carbonyl (C=O) groups is 3. The van der Waals surface area contributed by atoms with Gasteiger partial charge in [0.25, 0.3) is 0 Å². The summed E-state index contributed by atoms with van der Waals surface area (Å²) < 4.78 is 0.528. The number of anilines is 1. The van der Waals surface area contributed by atoms with Gasteiger partial charge in [-0.1, -0.05) is 11.6 Å². The maximum Gasteiger partial charge on any atom is 0.335 e. The first kappa shape index (κ1) is 18.9. The fourth-order valence-corrected chi connectivity index (χ4v) is 5.06. The molecule has 28 heavy (non-hydrogen) atoms. The van der Waals surface area contributed by atoms with E-state index in [1.165, 1.54) is 30.5 Å². The Balaban J connectivity index is 1.70. The number of nitrogens with zero attached hydrogens (tertiary/aromatic N) is 3. The van der Waals surface area contributed by atoms with Gasteiger partial charge in [-0.15, -0.1) is 11.3 Å². The molecular weight excluding hydrogens is 402 g/mol. The van der Waals surface area contributed by atoms with Crippen LogP contribution < -0.4 is 4.90 Å². The summed E-state index contributed by atoms with van der Waals surface area (Å²) in [6, 6.07) is 4.85. The molecule has 0 saturated carbocycles. The van der Waals surface area contributed by atoms with E-state index in [1.807, 2.05) is 0 Å². The van der Waals surface area contributed by atoms with Gasteiger partial charge in [-0.3, -0.25) is 9.59 Å². The Hall–Kier alpha value is -2.45. The Labute approximate surface area is 170 Å². The van der Waals surface area contributed by atoms with E-state index in [0.717, 1.165) is 5.56 Å². The molecule has 1 aromatic carbocycles. The van der Waals surface area contributed by atoms with Gasteiger partial charge in [0.1, 0.15) is 9.34 Å². The molecule has 1 spiro atoms. The van der Waals surface area contributed by atoms with E-state index in [4.69, 9.17) is 11.6 Å². The summed E-state index contributed by atoms with van der Waals surface area (Å²) in [5.74, 6) is -1.15. The third kappa shape index (κ3) is 3.16. The molecule has 1 atom stereocenters. The van der Waals surface area contributed by atoms with E-state index >= 15 is 0 Å². The summed E-state index contributed by atoms with van der Waals surface area (Å²) >= 11 is 7.18. The third-order valence-electron chi connectivity index (χ3n) is 5.49. The summed E-state index contributed by atoms with van der Waals surface area (Å²) in [4.78, 5) is 44.0. The first-order chi connectivity index (χ1) is 13.3. The van der Waals surface area contributed by atoms with Gasteiger partial charge in [-0.25, -0.2) is 9.78 Å². The van der Waals surface area contributed by atoms with Gasteiger partial charge in [0, 0.05) is 37.7 Å². The fourth-order valence-electron chi connectivity index (χ4n) is 4.11. The molecule has 0 radical (unpaired) electrons. The predicted octanol–water partition coefficient (Wildman–Crippen LogP) is 2.57. The van der Waals surface area contributed by atoms with Crippen molar-refractivity contribution in [2.24, 2.45) is 0 Å². The molecule has 1 unspecified atom stereocenters. The fraction of sp³-hybridized carbons (Fsp3) is 0.368. The standard InChI is InChI=1S/C19H18ClN3O4S/c1-11(24)22-5-4-19(9-22)10-23(17(25)7-16-21-8-15(20)28-16)14-3-2-12(18(26)27)6-13(14)19/h2-3,6,8H,4-5,7,9-10H2,1H3,(H,26,27). The zero-order valence-electron chi connectivity index (χ0n) is 15.1. The normalized spacial score (nSPS) is 20.6. The molecule has 146 valence electrons. The topological polar surface area (TPSA) is 90.8 Å². The summed E-state index contributed by atoms with van der Waals surface area (Å²) in [6.07, 6.45) is 2.34. The van der Waals surface area contributed by atoms with Crippen LogP contribution in [-0.2, 0) is 21.4 Å². The number of thiazole rings is 1. The number of hydrogen-bond acceptors (Lipinski definition) is 5. The van der Waals surface area contributed by atoms with Crippen molar-refractivity contribution in [3.8, 4) is 0 Å². The first-order valence-electron chi connectivity index (χ1n) is 8.83. The number of rotatable bonds is 3. The van der Waals surface area contributed by atoms with Crippen molar-refractivity contribution < 1.29 is 19.5 Å². The van der Waals surface area contributed by atoms with Crippen LogP contribution in [0.5, 0.6) is 0 Å². The summed E-state index contributed by atoms with van der Waals surface area (Å²) in [5, 5.41) is 10.0. The van der Waals surface area contributed by atoms with Crippen LogP contribution in [0.3, 0.4) is 0 Å². The second kappa shape index (κ2) is 6.86. The van der Waals surface area contributed by atoms with E-state index in [9.17, 15) is 19.5 Å². The smallest absolute Gasteiger partial charge is 0.335 e. The molecule has 0 aliphatic carbocycles. The largest absolute Gasteiger partial charge is 0.478 e. The van der Waals surface area contributed by atoms with Crippen LogP contribution in [0.25, 0.3) is 0 Å². The second-order valence-corrected chi connectivity index (χ2v) is 8.97. The Morgan fingerprint density at radius 2 is 2.11 bits per heavy atom. The summed E-state index contributed by atoms with van der Waals surface area (Å²) in [6.45, 7) is 3.02. The Kier molecular flexibility index (Phi) is 4.63. The van der Waals surface area contributed by atoms with Crippen LogP contribution in [0, 0.1) is 0 Å². The number of carbonyl (C=O) groups excluding carboxylic acids is 2. The zero-order valence-corrected chi connectivity index (χ0v) is 16.7. The molecule has 7 nitrogen and oxygen atoms in total. The molecule has 1 N–H and O–H groups in total. The van der Waals surface area contributed by atoms with E-state index < -0.39 is 11.4 Å². The molecule has 2 amide bonds. The van der Waals surface area contributed by atoms with Crippen molar-refractivity contribution in [1.82, 2.24) is 9.88 Å². The van der Waals surface area contributed by atoms with E-state index in [0.29, 0.717) is 41.1 Å². The average Bonchev–Trinajstić information content (AvgIpc) is 3.34. The molecule has 1 fully saturated rings. The van der Waals surface area contributed by atoms with Crippen molar-refractivity contribution in [2.75, 3.05) is 24.5 Å². The molecule has 9 heteroatoms. The van der Waals surface area contributed by atoms with Crippen molar-refractivity contribution in [2.45, 2.75) is 25.2 Å². The zero-order chi connectivity index (χ0) is 20.1. The van der Waals surface area contributed by atoms with Crippen LogP contribution >= 0.6 is 22.9 Å². The van der Waals surface area contributed by atoms with Crippen LogP contribution in [0.4, 0.5) is 5.69 Å². The lowest BCUT2D eigenvalue weighted by atomic mass is 9.81. The molecule has 4 rings (SSSR count). The lowest BCUT2D eigenvalue weighted by Crippen LogP contribution is -2.40. The highest BCUT2D eigenvalue weighted by atomic mass is 35.5. The number of aromatic carboxylic acids is 1. The molecule has 3 heterocycles. The van der Waals surface area contributed by atoms with E-state index in [1.54, 1.807) is 21.9 Å². The van der Waals surface area contributed by atoms with E-state index in [2.05, 4.69) is 4.98 Å². The van der Waals surface area contributed by atoms with Gasteiger partial charge in [-0.05, 0) is 30.2 Å². The molecule has 2 aliphatic rings. The van der Waals surface area contributed by atoms with Gasteiger partial charge < -0.3 is 14.9 Å². The monoisotopic (exact) mass is 419 g/mol. The van der Waals surface area contributed by atoms with Crippen LogP contribution in [0.2, 0.25) is 4.34 Å². The Morgan fingerprint density at radius 1 is 1.32 bits per heavy atom. The maximum atomic E-state index is 13.0. The number of halogens is 1. The van der Waals surface area contributed by atoms with Crippen molar-refractivity contribution in [1.29, 1.82) is 0 Å². The van der Waals surface area contributed by atoms with Crippen molar-refractivity contribution in [3.05, 3.63) is 44.9 Å². The highest BCUT2D eigenvalue weighted by molar-refractivity contribution is 7.15. The number of likely N-dealkylation sites (tertiary alicyclic amines) is 1. The second-order valence-electron chi connectivity index (χ2n) is 7.22. The lowest BCUT2D eigenvalue weighted by molar-refractivity contribution is -0.127.